The van der Waals surface area contributed by atoms with Crippen LogP contribution in [-0.2, 0) is 9.53 Å². The summed E-state index contributed by atoms with van der Waals surface area (Å²) >= 11 is 2.14. The second-order valence-electron chi connectivity index (χ2n) is 7.51. The minimum atomic E-state index is -0.635. The number of nitrogens with one attached hydrogen (secondary N) is 1. The molecule has 4 rings (SSSR count). The molecule has 0 aromatic heterocycles. The Labute approximate surface area is 206 Å². The van der Waals surface area contributed by atoms with Gasteiger partial charge in [-0.1, -0.05) is 30.2 Å². The van der Waals surface area contributed by atoms with Crippen molar-refractivity contribution in [2.45, 2.75) is 19.8 Å². The van der Waals surface area contributed by atoms with Crippen LogP contribution in [0.15, 0.2) is 53.2 Å². The van der Waals surface area contributed by atoms with E-state index in [4.69, 9.17) is 20.6 Å². The lowest BCUT2D eigenvalue weighted by atomic mass is 9.79. The minimum Gasteiger partial charge on any atom is -0.493 e. The molecule has 1 heterocycles. The number of ketones is 1. The molecule has 0 saturated heterocycles. The number of dihydropyridines is 1. The van der Waals surface area contributed by atoms with Crippen molar-refractivity contribution in [3.05, 3.63) is 73.5 Å². The molecular formula is C26H22INO5. The minimum absolute atomic E-state index is 0.0925. The van der Waals surface area contributed by atoms with E-state index in [9.17, 15) is 9.59 Å². The van der Waals surface area contributed by atoms with Gasteiger partial charge in [-0.05, 0) is 54.1 Å². The number of fused-ring (bicyclic) bond motifs is 2. The van der Waals surface area contributed by atoms with E-state index in [1.807, 2.05) is 31.2 Å². The van der Waals surface area contributed by atoms with Crippen LogP contribution >= 0.6 is 22.6 Å². The third-order valence-corrected chi connectivity index (χ3v) is 6.43. The van der Waals surface area contributed by atoms with Crippen LogP contribution in [0.4, 0.5) is 0 Å². The van der Waals surface area contributed by atoms with Crippen LogP contribution in [-0.4, -0.2) is 32.1 Å². The fourth-order valence-corrected chi connectivity index (χ4v) is 5.08. The lowest BCUT2D eigenvalue weighted by Crippen LogP contribution is -2.29. The van der Waals surface area contributed by atoms with Gasteiger partial charge in [-0.25, -0.2) is 4.79 Å². The molecule has 0 radical (unpaired) electrons. The fraction of sp³-hybridized carbons (Fsp3) is 0.231. The Morgan fingerprint density at radius 2 is 1.97 bits per heavy atom. The van der Waals surface area contributed by atoms with Crippen molar-refractivity contribution < 1.29 is 23.8 Å². The Hall–Kier alpha value is -3.25. The first kappa shape index (κ1) is 22.9. The second kappa shape index (κ2) is 9.32. The molecule has 2 aromatic carbocycles. The van der Waals surface area contributed by atoms with E-state index in [2.05, 4.69) is 33.8 Å². The summed E-state index contributed by atoms with van der Waals surface area (Å²) in [5, 5.41) is 3.29. The lowest BCUT2D eigenvalue weighted by molar-refractivity contribution is -0.138. The Kier molecular flexibility index (Phi) is 6.47. The Balaban J connectivity index is 1.93. The second-order valence-corrected chi connectivity index (χ2v) is 8.67. The molecule has 0 saturated carbocycles. The number of methoxy groups -OCH3 is 1. The summed E-state index contributed by atoms with van der Waals surface area (Å²) in [4.78, 5) is 26.6. The maximum Gasteiger partial charge on any atom is 0.336 e. The van der Waals surface area contributed by atoms with E-state index in [1.54, 1.807) is 19.1 Å². The Morgan fingerprint density at radius 3 is 2.64 bits per heavy atom. The number of allylic oxidation sites excluding steroid dienone is 2. The van der Waals surface area contributed by atoms with Gasteiger partial charge in [-0.15, -0.1) is 6.42 Å². The number of carbonyl (C=O) groups is 2. The van der Waals surface area contributed by atoms with Gasteiger partial charge >= 0.3 is 5.97 Å². The van der Waals surface area contributed by atoms with E-state index in [1.165, 1.54) is 7.11 Å². The molecule has 2 aromatic rings. The largest absolute Gasteiger partial charge is 0.493 e. The van der Waals surface area contributed by atoms with Gasteiger partial charge in [0.1, 0.15) is 6.61 Å². The highest BCUT2D eigenvalue weighted by molar-refractivity contribution is 14.1. The quantitative estimate of drug-likeness (QED) is 0.323. The smallest absolute Gasteiger partial charge is 0.336 e. The normalized spacial score (nSPS) is 16.6. The number of Topliss-reactive ketones (excluding diaryl/α,β-unsaturated/α-hetero) is 1. The maximum atomic E-state index is 13.5. The molecule has 1 atom stereocenters. The summed E-state index contributed by atoms with van der Waals surface area (Å²) in [6.45, 7) is 3.89. The zero-order chi connectivity index (χ0) is 23.7. The lowest BCUT2D eigenvalue weighted by Gasteiger charge is -2.29. The van der Waals surface area contributed by atoms with Gasteiger partial charge in [0.05, 0.1) is 28.6 Å². The number of halogens is 1. The molecule has 6 nitrogen and oxygen atoms in total. The van der Waals surface area contributed by atoms with Gasteiger partial charge in [0.2, 0.25) is 0 Å². The molecule has 0 amide bonds. The number of hydrogen-bond donors (Lipinski definition) is 1. The molecule has 0 bridgehead atoms. The highest BCUT2D eigenvalue weighted by atomic mass is 127. The summed E-state index contributed by atoms with van der Waals surface area (Å²) in [6.07, 6.45) is 5.35. The van der Waals surface area contributed by atoms with Crippen LogP contribution in [0, 0.1) is 15.9 Å². The highest BCUT2D eigenvalue weighted by Gasteiger charge is 2.43. The Morgan fingerprint density at radius 1 is 1.24 bits per heavy atom. The average Bonchev–Trinajstić information content (AvgIpc) is 3.08. The fourth-order valence-electron chi connectivity index (χ4n) is 4.30. The van der Waals surface area contributed by atoms with Crippen molar-refractivity contribution in [1.29, 1.82) is 0 Å². The molecule has 7 heteroatoms. The van der Waals surface area contributed by atoms with E-state index in [0.717, 1.165) is 14.7 Å². The van der Waals surface area contributed by atoms with Crippen molar-refractivity contribution >= 4 is 40.0 Å². The van der Waals surface area contributed by atoms with Gasteiger partial charge in [-0.2, -0.15) is 0 Å². The van der Waals surface area contributed by atoms with E-state index < -0.39 is 11.9 Å². The first-order valence-electron chi connectivity index (χ1n) is 10.4. The third kappa shape index (κ3) is 3.89. The molecule has 0 unspecified atom stereocenters. The van der Waals surface area contributed by atoms with Gasteiger partial charge in [0.15, 0.2) is 17.3 Å². The zero-order valence-corrected chi connectivity index (χ0v) is 20.6. The first-order chi connectivity index (χ1) is 15.9. The monoisotopic (exact) mass is 555 g/mol. The van der Waals surface area contributed by atoms with Crippen LogP contribution in [0.2, 0.25) is 0 Å². The molecule has 168 valence electrons. The standard InChI is InChI=1S/C26H22INO5/c1-5-11-33-25-18(27)12-15(13-19(25)31-4)21-20(26(30)32-6-2)14(3)28-23-16-9-7-8-10-17(16)24(29)22(21)23/h1,7-10,12-13,21,28H,6,11H2,2-4H3/t21-/m0/s1. The van der Waals surface area contributed by atoms with Crippen molar-refractivity contribution in [3.63, 3.8) is 0 Å². The van der Waals surface area contributed by atoms with E-state index >= 15 is 0 Å². The molecule has 0 fully saturated rings. The van der Waals surface area contributed by atoms with Gasteiger partial charge < -0.3 is 19.5 Å². The average molecular weight is 555 g/mol. The molecule has 2 aliphatic rings. The van der Waals surface area contributed by atoms with E-state index in [0.29, 0.717) is 39.6 Å². The zero-order valence-electron chi connectivity index (χ0n) is 18.5. The Bertz CT molecular complexity index is 1270. The summed E-state index contributed by atoms with van der Waals surface area (Å²) in [5.74, 6) is 2.22. The predicted octanol–water partition coefficient (Wildman–Crippen LogP) is 4.44. The summed E-state index contributed by atoms with van der Waals surface area (Å²) in [5.41, 5.74) is 4.42. The van der Waals surface area contributed by atoms with Crippen LogP contribution in [0.5, 0.6) is 11.5 Å². The molecule has 33 heavy (non-hydrogen) atoms. The van der Waals surface area contributed by atoms with Gasteiger partial charge in [0.25, 0.3) is 0 Å². The van der Waals surface area contributed by atoms with Crippen molar-refractivity contribution in [3.8, 4) is 23.8 Å². The molecule has 1 aliphatic heterocycles. The third-order valence-electron chi connectivity index (χ3n) is 5.63. The van der Waals surface area contributed by atoms with Crippen LogP contribution in [0.3, 0.4) is 0 Å². The number of ether oxygens (including phenoxy) is 3. The van der Waals surface area contributed by atoms with Crippen molar-refractivity contribution in [1.82, 2.24) is 5.32 Å². The number of terminal acetylenes is 1. The first-order valence-corrected chi connectivity index (χ1v) is 11.5. The number of rotatable bonds is 6. The molecule has 0 spiro atoms. The SMILES string of the molecule is C#CCOc1c(I)cc([C@H]2C(C(=O)OCC)=C(C)NC3=C2C(=O)c2ccccc23)cc1OC. The van der Waals surface area contributed by atoms with E-state index in [-0.39, 0.29) is 19.0 Å². The van der Waals surface area contributed by atoms with Gasteiger partial charge in [-0.3, -0.25) is 4.79 Å². The van der Waals surface area contributed by atoms with Crippen molar-refractivity contribution in [2.75, 3.05) is 20.3 Å². The number of hydrogen-bond acceptors (Lipinski definition) is 6. The van der Waals surface area contributed by atoms with Crippen LogP contribution in [0.25, 0.3) is 5.70 Å². The van der Waals surface area contributed by atoms with Crippen LogP contribution < -0.4 is 14.8 Å². The van der Waals surface area contributed by atoms with Crippen LogP contribution in [0.1, 0.15) is 41.3 Å². The number of benzene rings is 2. The topological polar surface area (TPSA) is 73.9 Å². The number of carbonyl (C=O) groups excluding carboxylic acids is 2. The van der Waals surface area contributed by atoms with Crippen molar-refractivity contribution in [2.24, 2.45) is 0 Å². The summed E-state index contributed by atoms with van der Waals surface area (Å²) in [6, 6.07) is 11.1. The van der Waals surface area contributed by atoms with Gasteiger partial charge in [0, 0.05) is 28.3 Å². The predicted molar refractivity (Wildman–Crippen MR) is 133 cm³/mol. The molecular weight excluding hydrogens is 533 g/mol. The number of esters is 1. The molecule has 1 N–H and O–H groups in total. The maximum absolute atomic E-state index is 13.5. The highest BCUT2D eigenvalue weighted by Crippen LogP contribution is 2.48. The molecule has 1 aliphatic carbocycles. The summed E-state index contributed by atoms with van der Waals surface area (Å²) in [7, 11) is 1.54. The summed E-state index contributed by atoms with van der Waals surface area (Å²) < 4.78 is 17.4.